The molecule has 0 radical (unpaired) electrons. The first-order valence-corrected chi connectivity index (χ1v) is 6.13. The molecule has 5 heteroatoms. The highest BCUT2D eigenvalue weighted by atomic mass is 16.4. The van der Waals surface area contributed by atoms with E-state index < -0.39 is 17.5 Å². The van der Waals surface area contributed by atoms with Crippen LogP contribution in [-0.2, 0) is 4.79 Å². The lowest BCUT2D eigenvalue weighted by atomic mass is 10.0. The number of carboxylic acids is 1. The molecule has 0 aliphatic carbocycles. The van der Waals surface area contributed by atoms with E-state index in [-0.39, 0.29) is 6.54 Å². The smallest absolute Gasteiger partial charge is 0.337 e. The van der Waals surface area contributed by atoms with Crippen LogP contribution >= 0.6 is 0 Å². The van der Waals surface area contributed by atoms with Gasteiger partial charge >= 0.3 is 5.97 Å². The predicted molar refractivity (Wildman–Crippen MR) is 74.5 cm³/mol. The number of carbonyl (C=O) groups is 2. The number of hydrogen-bond donors (Lipinski definition) is 3. The topological polar surface area (TPSA) is 86.6 Å². The van der Waals surface area contributed by atoms with Gasteiger partial charge in [0.05, 0.1) is 6.54 Å². The summed E-state index contributed by atoms with van der Waals surface area (Å²) in [5.74, 6) is -1.79. The number of fused-ring (bicyclic) bond motifs is 1. The molecule has 104 valence electrons. The van der Waals surface area contributed by atoms with Crippen molar-refractivity contribution in [3.05, 3.63) is 48.0 Å². The second-order valence-electron chi connectivity index (χ2n) is 4.79. The predicted octanol–water partition coefficient (Wildman–Crippen LogP) is 1.41. The first kappa shape index (κ1) is 14.0. The van der Waals surface area contributed by atoms with Gasteiger partial charge in [-0.05, 0) is 23.8 Å². The van der Waals surface area contributed by atoms with E-state index in [2.05, 4.69) is 5.32 Å². The zero-order chi connectivity index (χ0) is 14.8. The van der Waals surface area contributed by atoms with Crippen LogP contribution in [0.15, 0.2) is 42.5 Å². The summed E-state index contributed by atoms with van der Waals surface area (Å²) in [6.45, 7) is 0.781. The monoisotopic (exact) mass is 273 g/mol. The van der Waals surface area contributed by atoms with Crippen LogP contribution in [-0.4, -0.2) is 34.2 Å². The van der Waals surface area contributed by atoms with Gasteiger partial charge in [0.15, 0.2) is 5.60 Å². The molecular weight excluding hydrogens is 258 g/mol. The number of aliphatic hydroxyl groups is 1. The Morgan fingerprint density at radius 1 is 1.15 bits per heavy atom. The molecular formula is C15H15NO4. The Bertz CT molecular complexity index is 658. The fourth-order valence-corrected chi connectivity index (χ4v) is 1.85. The molecule has 0 fully saturated rings. The van der Waals surface area contributed by atoms with Crippen molar-refractivity contribution in [2.24, 2.45) is 0 Å². The maximum Gasteiger partial charge on any atom is 0.337 e. The highest BCUT2D eigenvalue weighted by Crippen LogP contribution is 2.18. The Morgan fingerprint density at radius 2 is 1.80 bits per heavy atom. The number of carboxylic acid groups (broad SMARTS) is 1. The summed E-state index contributed by atoms with van der Waals surface area (Å²) in [5, 5.41) is 22.5. The summed E-state index contributed by atoms with van der Waals surface area (Å²) >= 11 is 0. The van der Waals surface area contributed by atoms with Crippen LogP contribution in [0.1, 0.15) is 17.3 Å². The first-order chi connectivity index (χ1) is 9.42. The van der Waals surface area contributed by atoms with Gasteiger partial charge in [-0.1, -0.05) is 36.4 Å². The number of aliphatic carboxylic acids is 1. The molecule has 0 heterocycles. The summed E-state index contributed by atoms with van der Waals surface area (Å²) in [6, 6.07) is 12.7. The average molecular weight is 273 g/mol. The molecule has 0 aliphatic rings. The molecule has 1 atom stereocenters. The molecule has 0 aliphatic heterocycles. The fraction of sp³-hybridized carbons (Fsp3) is 0.200. The van der Waals surface area contributed by atoms with E-state index in [4.69, 9.17) is 5.11 Å². The molecule has 2 aromatic carbocycles. The van der Waals surface area contributed by atoms with E-state index in [1.54, 1.807) is 12.1 Å². The molecule has 0 saturated carbocycles. The van der Waals surface area contributed by atoms with Crippen LogP contribution in [0, 0.1) is 0 Å². The zero-order valence-electron chi connectivity index (χ0n) is 11.0. The average Bonchev–Trinajstić information content (AvgIpc) is 2.44. The van der Waals surface area contributed by atoms with E-state index in [1.807, 2.05) is 30.3 Å². The number of nitrogens with one attached hydrogen (secondary N) is 1. The molecule has 20 heavy (non-hydrogen) atoms. The van der Waals surface area contributed by atoms with Crippen molar-refractivity contribution >= 4 is 22.6 Å². The summed E-state index contributed by atoms with van der Waals surface area (Å²) in [5.41, 5.74) is -1.54. The number of rotatable bonds is 4. The molecule has 5 nitrogen and oxygen atoms in total. The third-order valence-corrected chi connectivity index (χ3v) is 3.09. The Balaban J connectivity index is 2.22. The van der Waals surface area contributed by atoms with E-state index in [1.165, 1.54) is 0 Å². The molecule has 2 aromatic rings. The Kier molecular flexibility index (Phi) is 3.72. The summed E-state index contributed by atoms with van der Waals surface area (Å²) in [4.78, 5) is 22.9. The van der Waals surface area contributed by atoms with Crippen LogP contribution in [0.4, 0.5) is 0 Å². The zero-order valence-corrected chi connectivity index (χ0v) is 11.0. The summed E-state index contributed by atoms with van der Waals surface area (Å²) in [7, 11) is 0. The van der Waals surface area contributed by atoms with Gasteiger partial charge in [-0.2, -0.15) is 0 Å². The van der Waals surface area contributed by atoms with Crippen LogP contribution in [0.5, 0.6) is 0 Å². The van der Waals surface area contributed by atoms with Crippen LogP contribution in [0.3, 0.4) is 0 Å². The molecule has 0 aromatic heterocycles. The Hall–Kier alpha value is -2.40. The van der Waals surface area contributed by atoms with Gasteiger partial charge in [-0.15, -0.1) is 0 Å². The van der Waals surface area contributed by atoms with Crippen molar-refractivity contribution < 1.29 is 19.8 Å². The maximum absolute atomic E-state index is 12.1. The van der Waals surface area contributed by atoms with Gasteiger partial charge in [0.2, 0.25) is 0 Å². The lowest BCUT2D eigenvalue weighted by molar-refractivity contribution is -0.155. The molecule has 1 unspecified atom stereocenters. The van der Waals surface area contributed by atoms with E-state index in [0.29, 0.717) is 5.56 Å². The number of carbonyl (C=O) groups excluding carboxylic acids is 1. The van der Waals surface area contributed by atoms with Crippen molar-refractivity contribution in [1.82, 2.24) is 5.32 Å². The van der Waals surface area contributed by atoms with Crippen molar-refractivity contribution in [2.45, 2.75) is 12.5 Å². The highest BCUT2D eigenvalue weighted by molar-refractivity contribution is 6.07. The molecule has 3 N–H and O–H groups in total. The summed E-state index contributed by atoms with van der Waals surface area (Å²) in [6.07, 6.45) is 0. The SMILES string of the molecule is CC(O)(CNC(=O)c1cccc2ccccc12)C(=O)O. The number of amides is 1. The third-order valence-electron chi connectivity index (χ3n) is 3.09. The third kappa shape index (κ3) is 2.78. The van der Waals surface area contributed by atoms with Gasteiger partial charge in [-0.25, -0.2) is 4.79 Å². The Labute approximate surface area is 115 Å². The molecule has 1 amide bonds. The van der Waals surface area contributed by atoms with Gasteiger partial charge in [-0.3, -0.25) is 4.79 Å². The fourth-order valence-electron chi connectivity index (χ4n) is 1.85. The Morgan fingerprint density at radius 3 is 2.50 bits per heavy atom. The van der Waals surface area contributed by atoms with E-state index >= 15 is 0 Å². The second kappa shape index (κ2) is 5.30. The molecule has 2 rings (SSSR count). The number of hydrogen-bond acceptors (Lipinski definition) is 3. The molecule has 0 saturated heterocycles. The van der Waals surface area contributed by atoms with E-state index in [0.717, 1.165) is 17.7 Å². The molecule has 0 bridgehead atoms. The lowest BCUT2D eigenvalue weighted by Crippen LogP contribution is -2.46. The largest absolute Gasteiger partial charge is 0.479 e. The number of benzene rings is 2. The first-order valence-electron chi connectivity index (χ1n) is 6.13. The lowest BCUT2D eigenvalue weighted by Gasteiger charge is -2.18. The van der Waals surface area contributed by atoms with Crippen molar-refractivity contribution in [3.63, 3.8) is 0 Å². The van der Waals surface area contributed by atoms with Gasteiger partial charge in [0, 0.05) is 5.56 Å². The van der Waals surface area contributed by atoms with Crippen molar-refractivity contribution in [3.8, 4) is 0 Å². The quantitative estimate of drug-likeness (QED) is 0.786. The highest BCUT2D eigenvalue weighted by Gasteiger charge is 2.30. The second-order valence-corrected chi connectivity index (χ2v) is 4.79. The normalized spacial score (nSPS) is 13.7. The minimum atomic E-state index is -1.99. The summed E-state index contributed by atoms with van der Waals surface area (Å²) < 4.78 is 0. The van der Waals surface area contributed by atoms with E-state index in [9.17, 15) is 14.7 Å². The van der Waals surface area contributed by atoms with Crippen LogP contribution in [0.25, 0.3) is 10.8 Å². The van der Waals surface area contributed by atoms with Gasteiger partial charge < -0.3 is 15.5 Å². The van der Waals surface area contributed by atoms with Gasteiger partial charge in [0.1, 0.15) is 0 Å². The minimum absolute atomic E-state index is 0.357. The van der Waals surface area contributed by atoms with Crippen LogP contribution < -0.4 is 5.32 Å². The minimum Gasteiger partial charge on any atom is -0.479 e. The van der Waals surface area contributed by atoms with Crippen molar-refractivity contribution in [1.29, 1.82) is 0 Å². The molecule has 0 spiro atoms. The van der Waals surface area contributed by atoms with Crippen LogP contribution in [0.2, 0.25) is 0 Å². The van der Waals surface area contributed by atoms with Gasteiger partial charge in [0.25, 0.3) is 5.91 Å². The standard InChI is InChI=1S/C15H15NO4/c1-15(20,14(18)19)9-16-13(17)12-8-4-6-10-5-2-3-7-11(10)12/h2-8,20H,9H2,1H3,(H,16,17)(H,18,19). The van der Waals surface area contributed by atoms with Crippen molar-refractivity contribution in [2.75, 3.05) is 6.54 Å². The maximum atomic E-state index is 12.1.